The lowest BCUT2D eigenvalue weighted by Crippen LogP contribution is -2.31. The van der Waals surface area contributed by atoms with E-state index in [2.05, 4.69) is 12.6 Å². The maximum atomic E-state index is 11.9. The minimum Gasteiger partial charge on any atom is -0.305 e. The van der Waals surface area contributed by atoms with Gasteiger partial charge in [-0.3, -0.25) is 0 Å². The number of hydrogen-bond donors (Lipinski definition) is 1. The van der Waals surface area contributed by atoms with Gasteiger partial charge in [0.1, 0.15) is 0 Å². The molecule has 0 bridgehead atoms. The Bertz CT molecular complexity index is 189. The molecule has 0 aromatic rings. The van der Waals surface area contributed by atoms with Crippen molar-refractivity contribution in [1.82, 2.24) is 4.90 Å². The molecule has 0 atom stereocenters. The summed E-state index contributed by atoms with van der Waals surface area (Å²) >= 11 is 4.21. The zero-order valence-electron chi connectivity index (χ0n) is 8.27. The summed E-state index contributed by atoms with van der Waals surface area (Å²) in [6.07, 6.45) is -2.54. The Hall–Kier alpha value is 0.100. The lowest BCUT2D eigenvalue weighted by Gasteiger charge is -2.22. The Kier molecular flexibility index (Phi) is 3.75. The van der Waals surface area contributed by atoms with E-state index in [4.69, 9.17) is 0 Å². The first-order chi connectivity index (χ1) is 6.37. The van der Waals surface area contributed by atoms with Crippen LogP contribution in [0.4, 0.5) is 13.2 Å². The summed E-state index contributed by atoms with van der Waals surface area (Å²) in [4.78, 5) is 1.76. The minimum atomic E-state index is -4.04. The van der Waals surface area contributed by atoms with Crippen molar-refractivity contribution in [3.05, 3.63) is 0 Å². The largest absolute Gasteiger partial charge is 0.390 e. The van der Waals surface area contributed by atoms with Crippen molar-refractivity contribution >= 4 is 12.6 Å². The second-order valence-electron chi connectivity index (χ2n) is 4.26. The molecule has 0 aromatic carbocycles. The Morgan fingerprint density at radius 3 is 2.29 bits per heavy atom. The summed E-state index contributed by atoms with van der Waals surface area (Å²) in [7, 11) is 1.75. The molecule has 0 aliphatic heterocycles. The molecule has 1 aliphatic rings. The molecular weight excluding hydrogens is 211 g/mol. The van der Waals surface area contributed by atoms with Crippen LogP contribution in [0.15, 0.2) is 0 Å². The molecule has 0 heterocycles. The molecule has 1 nitrogen and oxygen atoms in total. The van der Waals surface area contributed by atoms with E-state index in [9.17, 15) is 13.2 Å². The predicted octanol–water partition coefficient (Wildman–Crippen LogP) is 2.58. The van der Waals surface area contributed by atoms with Crippen LogP contribution >= 0.6 is 12.6 Å². The fourth-order valence-corrected chi connectivity index (χ4v) is 1.93. The van der Waals surface area contributed by atoms with Gasteiger partial charge in [-0.1, -0.05) is 0 Å². The molecule has 0 amide bonds. The van der Waals surface area contributed by atoms with E-state index in [0.29, 0.717) is 0 Å². The number of alkyl halides is 3. The molecule has 84 valence electrons. The van der Waals surface area contributed by atoms with Gasteiger partial charge in [-0.15, -0.1) is 0 Å². The van der Waals surface area contributed by atoms with E-state index in [0.717, 1.165) is 25.1 Å². The molecule has 5 heteroatoms. The van der Waals surface area contributed by atoms with Gasteiger partial charge in [0.15, 0.2) is 0 Å². The van der Waals surface area contributed by atoms with Gasteiger partial charge in [-0.2, -0.15) is 25.8 Å². The third-order valence-corrected chi connectivity index (χ3v) is 3.35. The summed E-state index contributed by atoms with van der Waals surface area (Å²) in [5, 5.41) is 0. The number of hydrogen-bond acceptors (Lipinski definition) is 2. The Morgan fingerprint density at radius 2 is 1.93 bits per heavy atom. The van der Waals surface area contributed by atoms with Crippen molar-refractivity contribution < 1.29 is 13.2 Å². The third-order valence-electron chi connectivity index (χ3n) is 2.67. The monoisotopic (exact) mass is 227 g/mol. The normalized spacial score (nSPS) is 20.1. The molecule has 0 radical (unpaired) electrons. The van der Waals surface area contributed by atoms with Gasteiger partial charge in [0, 0.05) is 13.1 Å². The molecule has 1 fully saturated rings. The van der Waals surface area contributed by atoms with Crippen molar-refractivity contribution in [2.45, 2.75) is 25.4 Å². The molecule has 0 aromatic heterocycles. The van der Waals surface area contributed by atoms with E-state index >= 15 is 0 Å². The molecule has 14 heavy (non-hydrogen) atoms. The fraction of sp³-hybridized carbons (Fsp3) is 1.00. The lowest BCUT2D eigenvalue weighted by atomic mass is 10.1. The van der Waals surface area contributed by atoms with E-state index in [1.54, 1.807) is 11.9 Å². The maximum absolute atomic E-state index is 11.9. The molecule has 1 aliphatic carbocycles. The number of nitrogens with zero attached hydrogens (tertiary/aromatic N) is 1. The highest BCUT2D eigenvalue weighted by Gasteiger charge is 2.42. The SMILES string of the molecule is CN(CCC(F)(F)F)CC1(CS)CC1. The van der Waals surface area contributed by atoms with Crippen LogP contribution in [-0.4, -0.2) is 37.0 Å². The first kappa shape index (κ1) is 12.2. The molecule has 0 unspecified atom stereocenters. The number of halogens is 3. The highest BCUT2D eigenvalue weighted by molar-refractivity contribution is 7.80. The van der Waals surface area contributed by atoms with E-state index in [-0.39, 0.29) is 12.0 Å². The van der Waals surface area contributed by atoms with Gasteiger partial charge < -0.3 is 4.90 Å². The third kappa shape index (κ3) is 4.09. The van der Waals surface area contributed by atoms with Crippen LogP contribution in [-0.2, 0) is 0 Å². The highest BCUT2D eigenvalue weighted by atomic mass is 32.1. The second-order valence-corrected chi connectivity index (χ2v) is 4.58. The van der Waals surface area contributed by atoms with Crippen molar-refractivity contribution in [2.24, 2.45) is 5.41 Å². The average molecular weight is 227 g/mol. The minimum absolute atomic E-state index is 0.0963. The van der Waals surface area contributed by atoms with Gasteiger partial charge in [-0.05, 0) is 31.1 Å². The highest BCUT2D eigenvalue weighted by Crippen LogP contribution is 2.46. The summed E-state index contributed by atoms with van der Waals surface area (Å²) in [6.45, 7) is 0.839. The van der Waals surface area contributed by atoms with Gasteiger partial charge >= 0.3 is 6.18 Å². The van der Waals surface area contributed by atoms with Crippen molar-refractivity contribution in [3.8, 4) is 0 Å². The smallest absolute Gasteiger partial charge is 0.305 e. The number of rotatable bonds is 5. The van der Waals surface area contributed by atoms with E-state index in [1.165, 1.54) is 0 Å². The van der Waals surface area contributed by atoms with Crippen molar-refractivity contribution in [3.63, 3.8) is 0 Å². The van der Waals surface area contributed by atoms with Crippen molar-refractivity contribution in [2.75, 3.05) is 25.9 Å². The zero-order chi connectivity index (χ0) is 10.8. The molecular formula is C9H16F3NS. The Balaban J connectivity index is 2.19. The topological polar surface area (TPSA) is 3.24 Å². The summed E-state index contributed by atoms with van der Waals surface area (Å²) in [6, 6.07) is 0. The van der Waals surface area contributed by atoms with Crippen LogP contribution in [0.25, 0.3) is 0 Å². The number of thiol groups is 1. The first-order valence-electron chi connectivity index (χ1n) is 4.73. The van der Waals surface area contributed by atoms with Gasteiger partial charge in [0.25, 0.3) is 0 Å². The molecule has 0 saturated heterocycles. The predicted molar refractivity (Wildman–Crippen MR) is 53.7 cm³/mol. The standard InChI is InChI=1S/C9H16F3NS/c1-13(5-4-9(10,11)12)6-8(7-14)2-3-8/h14H,2-7H2,1H3. The summed E-state index contributed by atoms with van der Waals surface area (Å²) in [5.41, 5.74) is 0.212. The molecule has 0 spiro atoms. The van der Waals surface area contributed by atoms with Crippen LogP contribution in [0.3, 0.4) is 0 Å². The van der Waals surface area contributed by atoms with E-state index in [1.807, 2.05) is 0 Å². The average Bonchev–Trinajstić information content (AvgIpc) is 2.81. The fourth-order valence-electron chi connectivity index (χ4n) is 1.51. The second kappa shape index (κ2) is 4.31. The molecule has 1 saturated carbocycles. The molecule has 1 rings (SSSR count). The van der Waals surface area contributed by atoms with E-state index < -0.39 is 12.6 Å². The van der Waals surface area contributed by atoms with Crippen LogP contribution in [0.1, 0.15) is 19.3 Å². The van der Waals surface area contributed by atoms with Gasteiger partial charge in [0.05, 0.1) is 6.42 Å². The quantitative estimate of drug-likeness (QED) is 0.706. The maximum Gasteiger partial charge on any atom is 0.390 e. The van der Waals surface area contributed by atoms with Gasteiger partial charge in [-0.25, -0.2) is 0 Å². The van der Waals surface area contributed by atoms with Crippen LogP contribution < -0.4 is 0 Å². The zero-order valence-corrected chi connectivity index (χ0v) is 9.17. The Labute approximate surface area is 88.1 Å². The Morgan fingerprint density at radius 1 is 1.36 bits per heavy atom. The summed E-state index contributed by atoms with van der Waals surface area (Å²) < 4.78 is 35.7. The lowest BCUT2D eigenvalue weighted by molar-refractivity contribution is -0.137. The molecule has 0 N–H and O–H groups in total. The van der Waals surface area contributed by atoms with Gasteiger partial charge in [0.2, 0.25) is 0 Å². The van der Waals surface area contributed by atoms with Crippen LogP contribution in [0.2, 0.25) is 0 Å². The first-order valence-corrected chi connectivity index (χ1v) is 5.36. The van der Waals surface area contributed by atoms with Crippen molar-refractivity contribution in [1.29, 1.82) is 0 Å². The van der Waals surface area contributed by atoms with Crippen LogP contribution in [0.5, 0.6) is 0 Å². The summed E-state index contributed by atoms with van der Waals surface area (Å²) in [5.74, 6) is 0.781. The van der Waals surface area contributed by atoms with Crippen LogP contribution in [0, 0.1) is 5.41 Å².